The van der Waals surface area contributed by atoms with E-state index in [9.17, 15) is 5.11 Å². The number of ether oxygens (including phenoxy) is 1. The van der Waals surface area contributed by atoms with Crippen LogP contribution in [0, 0.1) is 0 Å². The molecule has 0 unspecified atom stereocenters. The molecule has 0 bridgehead atoms. The van der Waals surface area contributed by atoms with Crippen molar-refractivity contribution in [1.29, 1.82) is 0 Å². The standard InChI is InChI=1S/C23H31BrClNO2/c1-18(26-17-23(27)20-7-6-8-21(25)16-20)15-19-9-11-22(12-10-19)28-14-5-3-2-4-13-24/h6-12,16,18,23,26-27H,2-5,13-15,17H2,1H3/t18-,23+/m1/s1. The summed E-state index contributed by atoms with van der Waals surface area (Å²) >= 11 is 9.44. The van der Waals surface area contributed by atoms with Crippen molar-refractivity contribution in [1.82, 2.24) is 5.32 Å². The average Bonchev–Trinajstić information content (AvgIpc) is 2.70. The van der Waals surface area contributed by atoms with Gasteiger partial charge in [-0.1, -0.05) is 64.6 Å². The molecule has 0 saturated carbocycles. The summed E-state index contributed by atoms with van der Waals surface area (Å²) in [5.41, 5.74) is 2.09. The van der Waals surface area contributed by atoms with E-state index in [4.69, 9.17) is 16.3 Å². The Hall–Kier alpha value is -1.07. The van der Waals surface area contributed by atoms with Crippen LogP contribution in [-0.2, 0) is 6.42 Å². The SMILES string of the molecule is C[C@H](Cc1ccc(OCCCCCCBr)cc1)NC[C@H](O)c1cccc(Cl)c1. The molecule has 0 aliphatic heterocycles. The predicted molar refractivity (Wildman–Crippen MR) is 122 cm³/mol. The van der Waals surface area contributed by atoms with Crippen LogP contribution in [0.4, 0.5) is 0 Å². The highest BCUT2D eigenvalue weighted by Gasteiger charge is 2.10. The summed E-state index contributed by atoms with van der Waals surface area (Å²) < 4.78 is 5.81. The van der Waals surface area contributed by atoms with Crippen LogP contribution in [0.15, 0.2) is 48.5 Å². The molecule has 3 nitrogen and oxygen atoms in total. The number of unbranched alkanes of at least 4 members (excludes halogenated alkanes) is 3. The van der Waals surface area contributed by atoms with Gasteiger partial charge in [-0.05, 0) is 61.6 Å². The van der Waals surface area contributed by atoms with Gasteiger partial charge < -0.3 is 15.2 Å². The van der Waals surface area contributed by atoms with E-state index in [2.05, 4.69) is 40.3 Å². The second-order valence-electron chi connectivity index (χ2n) is 7.18. The first kappa shape index (κ1) is 23.2. The maximum absolute atomic E-state index is 10.3. The molecular formula is C23H31BrClNO2. The number of nitrogens with one attached hydrogen (secondary N) is 1. The van der Waals surface area contributed by atoms with E-state index >= 15 is 0 Å². The molecule has 28 heavy (non-hydrogen) atoms. The van der Waals surface area contributed by atoms with Gasteiger partial charge in [-0.15, -0.1) is 0 Å². The molecule has 2 rings (SSSR count). The van der Waals surface area contributed by atoms with Crippen LogP contribution in [0.5, 0.6) is 5.75 Å². The number of aliphatic hydroxyl groups is 1. The molecule has 2 N–H and O–H groups in total. The van der Waals surface area contributed by atoms with E-state index in [1.54, 1.807) is 6.07 Å². The van der Waals surface area contributed by atoms with Crippen LogP contribution in [0.25, 0.3) is 0 Å². The van der Waals surface area contributed by atoms with Gasteiger partial charge in [0.1, 0.15) is 5.75 Å². The van der Waals surface area contributed by atoms with Crippen molar-refractivity contribution < 1.29 is 9.84 Å². The summed E-state index contributed by atoms with van der Waals surface area (Å²) in [4.78, 5) is 0. The van der Waals surface area contributed by atoms with E-state index in [1.807, 2.05) is 30.3 Å². The van der Waals surface area contributed by atoms with Gasteiger partial charge in [0, 0.05) is 22.9 Å². The second-order valence-corrected chi connectivity index (χ2v) is 8.41. The molecule has 0 fully saturated rings. The Kier molecular flexibility index (Phi) is 10.9. The fourth-order valence-electron chi connectivity index (χ4n) is 3.03. The molecule has 0 radical (unpaired) electrons. The number of hydrogen-bond donors (Lipinski definition) is 2. The Morgan fingerprint density at radius 2 is 1.82 bits per heavy atom. The van der Waals surface area contributed by atoms with E-state index in [1.165, 1.54) is 24.8 Å². The monoisotopic (exact) mass is 467 g/mol. The maximum Gasteiger partial charge on any atom is 0.119 e. The van der Waals surface area contributed by atoms with Gasteiger partial charge in [0.2, 0.25) is 0 Å². The molecule has 0 aromatic heterocycles. The number of rotatable bonds is 13. The van der Waals surface area contributed by atoms with Crippen molar-refractivity contribution in [3.8, 4) is 5.75 Å². The van der Waals surface area contributed by atoms with Gasteiger partial charge in [-0.3, -0.25) is 0 Å². The third kappa shape index (κ3) is 8.95. The van der Waals surface area contributed by atoms with Crippen molar-refractivity contribution in [2.24, 2.45) is 0 Å². The molecule has 0 spiro atoms. The summed E-state index contributed by atoms with van der Waals surface area (Å²) in [5.74, 6) is 0.932. The molecule has 0 heterocycles. The van der Waals surface area contributed by atoms with Crippen molar-refractivity contribution in [3.63, 3.8) is 0 Å². The fraction of sp³-hybridized carbons (Fsp3) is 0.478. The Morgan fingerprint density at radius 3 is 2.54 bits per heavy atom. The lowest BCUT2D eigenvalue weighted by Crippen LogP contribution is -2.32. The van der Waals surface area contributed by atoms with E-state index in [-0.39, 0.29) is 6.04 Å². The molecule has 2 aromatic carbocycles. The number of benzene rings is 2. The molecule has 2 atom stereocenters. The smallest absolute Gasteiger partial charge is 0.119 e. The Labute approximate surface area is 182 Å². The third-order valence-corrected chi connectivity index (χ3v) is 5.45. The topological polar surface area (TPSA) is 41.5 Å². The molecule has 0 amide bonds. The van der Waals surface area contributed by atoms with Gasteiger partial charge in [0.25, 0.3) is 0 Å². The summed E-state index contributed by atoms with van der Waals surface area (Å²) in [6.45, 7) is 3.40. The van der Waals surface area contributed by atoms with Crippen molar-refractivity contribution in [2.45, 2.75) is 51.2 Å². The minimum Gasteiger partial charge on any atom is -0.494 e. The highest BCUT2D eigenvalue weighted by Crippen LogP contribution is 2.18. The van der Waals surface area contributed by atoms with E-state index in [0.717, 1.165) is 36.1 Å². The van der Waals surface area contributed by atoms with Gasteiger partial charge in [0.05, 0.1) is 12.7 Å². The normalized spacial score (nSPS) is 13.3. The number of hydrogen-bond acceptors (Lipinski definition) is 3. The van der Waals surface area contributed by atoms with Crippen LogP contribution < -0.4 is 10.1 Å². The number of aliphatic hydroxyl groups excluding tert-OH is 1. The first-order valence-electron chi connectivity index (χ1n) is 10.0. The van der Waals surface area contributed by atoms with E-state index in [0.29, 0.717) is 11.6 Å². The highest BCUT2D eigenvalue weighted by molar-refractivity contribution is 9.09. The third-order valence-electron chi connectivity index (χ3n) is 4.66. The molecule has 0 aliphatic carbocycles. The summed E-state index contributed by atoms with van der Waals surface area (Å²) in [5, 5.41) is 15.4. The zero-order valence-electron chi connectivity index (χ0n) is 16.5. The minimum atomic E-state index is -0.563. The first-order valence-corrected chi connectivity index (χ1v) is 11.5. The first-order chi connectivity index (χ1) is 13.6. The second kappa shape index (κ2) is 13.2. The molecule has 0 saturated heterocycles. The summed E-state index contributed by atoms with van der Waals surface area (Å²) in [6, 6.07) is 15.9. The van der Waals surface area contributed by atoms with Crippen LogP contribution in [0.1, 0.15) is 49.8 Å². The highest BCUT2D eigenvalue weighted by atomic mass is 79.9. The lowest BCUT2D eigenvalue weighted by Gasteiger charge is -2.18. The lowest BCUT2D eigenvalue weighted by molar-refractivity contribution is 0.170. The zero-order valence-corrected chi connectivity index (χ0v) is 18.9. The molecule has 154 valence electrons. The fourth-order valence-corrected chi connectivity index (χ4v) is 3.63. The Balaban J connectivity index is 1.68. The van der Waals surface area contributed by atoms with Gasteiger partial charge in [-0.25, -0.2) is 0 Å². The minimum absolute atomic E-state index is 0.259. The predicted octanol–water partition coefficient (Wildman–Crippen LogP) is 5.93. The van der Waals surface area contributed by atoms with Crippen LogP contribution in [-0.4, -0.2) is 29.6 Å². The number of alkyl halides is 1. The lowest BCUT2D eigenvalue weighted by atomic mass is 10.1. The van der Waals surface area contributed by atoms with Gasteiger partial charge >= 0.3 is 0 Å². The van der Waals surface area contributed by atoms with Gasteiger partial charge in [0.15, 0.2) is 0 Å². The quantitative estimate of drug-likeness (QED) is 0.283. The average molecular weight is 469 g/mol. The maximum atomic E-state index is 10.3. The van der Waals surface area contributed by atoms with Crippen molar-refractivity contribution in [2.75, 3.05) is 18.5 Å². The molecular weight excluding hydrogens is 438 g/mol. The molecule has 5 heteroatoms. The van der Waals surface area contributed by atoms with Crippen molar-refractivity contribution >= 4 is 27.5 Å². The molecule has 2 aromatic rings. The van der Waals surface area contributed by atoms with E-state index < -0.39 is 6.10 Å². The number of halogens is 2. The van der Waals surface area contributed by atoms with Crippen LogP contribution in [0.2, 0.25) is 5.02 Å². The summed E-state index contributed by atoms with van der Waals surface area (Å²) in [7, 11) is 0. The van der Waals surface area contributed by atoms with Crippen LogP contribution in [0.3, 0.4) is 0 Å². The summed E-state index contributed by atoms with van der Waals surface area (Å²) in [6.07, 6.45) is 5.14. The largest absolute Gasteiger partial charge is 0.494 e. The van der Waals surface area contributed by atoms with Crippen LogP contribution >= 0.6 is 27.5 Å². The van der Waals surface area contributed by atoms with Crippen molar-refractivity contribution in [3.05, 3.63) is 64.7 Å². The molecule has 0 aliphatic rings. The zero-order chi connectivity index (χ0) is 20.2. The van der Waals surface area contributed by atoms with Gasteiger partial charge in [-0.2, -0.15) is 0 Å². The Bertz CT molecular complexity index is 681. The Morgan fingerprint density at radius 1 is 1.07 bits per heavy atom.